The van der Waals surface area contributed by atoms with Gasteiger partial charge in [-0.15, -0.1) is 0 Å². The number of methoxy groups -OCH3 is 1. The molecule has 154 valence electrons. The number of halogens is 1. The van der Waals surface area contributed by atoms with Gasteiger partial charge in [0.1, 0.15) is 0 Å². The van der Waals surface area contributed by atoms with Crippen LogP contribution in [0.4, 0.5) is 5.69 Å². The predicted octanol–water partition coefficient (Wildman–Crippen LogP) is 3.08. The Morgan fingerprint density at radius 1 is 1.37 bits per heavy atom. The zero-order valence-electron chi connectivity index (χ0n) is 15.7. The number of hydrogen-bond acceptors (Lipinski definition) is 7. The number of hydrazone groups is 1. The molecule has 11 heteroatoms. The number of aromatic hydroxyl groups is 1. The van der Waals surface area contributed by atoms with E-state index in [1.165, 1.54) is 30.1 Å². The number of non-ortho nitro benzene ring substituents is 1. The Kier molecular flexibility index (Phi) is 6.42. The van der Waals surface area contributed by atoms with Crippen LogP contribution in [0.1, 0.15) is 21.6 Å². The molecule has 0 spiro atoms. The highest BCUT2D eigenvalue weighted by atomic mass is 79.9. The molecule has 1 amide bonds. The minimum atomic E-state index is -0.553. The summed E-state index contributed by atoms with van der Waals surface area (Å²) in [5.41, 5.74) is 3.62. The molecule has 0 radical (unpaired) electrons. The van der Waals surface area contributed by atoms with Crippen LogP contribution in [-0.2, 0) is 6.54 Å². The molecule has 10 nitrogen and oxygen atoms in total. The molecular weight excluding hydrogens is 458 g/mol. The summed E-state index contributed by atoms with van der Waals surface area (Å²) in [4.78, 5) is 22.6. The number of carbonyl (C=O) groups excluding carboxylic acids is 1. The van der Waals surface area contributed by atoms with Gasteiger partial charge in [-0.05, 0) is 33.6 Å². The normalized spacial score (nSPS) is 10.9. The number of phenols is 1. The molecule has 2 N–H and O–H groups in total. The van der Waals surface area contributed by atoms with E-state index in [0.717, 1.165) is 5.56 Å². The van der Waals surface area contributed by atoms with Crippen molar-refractivity contribution >= 4 is 33.7 Å². The Bertz CT molecular complexity index is 1110. The molecule has 0 saturated heterocycles. The molecule has 0 aliphatic rings. The van der Waals surface area contributed by atoms with Gasteiger partial charge in [0.05, 0.1) is 29.3 Å². The molecule has 0 bridgehead atoms. The van der Waals surface area contributed by atoms with E-state index < -0.39 is 10.8 Å². The van der Waals surface area contributed by atoms with E-state index in [9.17, 15) is 20.0 Å². The van der Waals surface area contributed by atoms with E-state index in [-0.39, 0.29) is 22.9 Å². The molecule has 0 aliphatic carbocycles. The van der Waals surface area contributed by atoms with Crippen LogP contribution in [-0.4, -0.2) is 39.0 Å². The number of nitrogens with zero attached hydrogens (tertiary/aromatic N) is 4. The fourth-order valence-corrected chi connectivity index (χ4v) is 3.06. The first-order valence-electron chi connectivity index (χ1n) is 8.54. The maximum absolute atomic E-state index is 12.4. The average molecular weight is 474 g/mol. The maximum atomic E-state index is 12.4. The molecule has 3 aromatic rings. The summed E-state index contributed by atoms with van der Waals surface area (Å²) in [6.07, 6.45) is 2.91. The van der Waals surface area contributed by atoms with Gasteiger partial charge in [-0.2, -0.15) is 10.2 Å². The van der Waals surface area contributed by atoms with E-state index in [4.69, 9.17) is 4.74 Å². The van der Waals surface area contributed by atoms with Gasteiger partial charge in [-0.3, -0.25) is 19.6 Å². The van der Waals surface area contributed by atoms with Gasteiger partial charge in [0.15, 0.2) is 17.2 Å². The van der Waals surface area contributed by atoms with E-state index in [2.05, 4.69) is 31.6 Å². The Balaban J connectivity index is 1.67. The van der Waals surface area contributed by atoms with Crippen molar-refractivity contribution in [1.82, 2.24) is 15.2 Å². The summed E-state index contributed by atoms with van der Waals surface area (Å²) in [5, 5.41) is 28.8. The number of ether oxygens (including phenoxy) is 1. The fourth-order valence-electron chi connectivity index (χ4n) is 2.56. The number of aromatic nitrogens is 2. The summed E-state index contributed by atoms with van der Waals surface area (Å²) in [6, 6.07) is 11.0. The van der Waals surface area contributed by atoms with E-state index in [1.807, 2.05) is 0 Å². The summed E-state index contributed by atoms with van der Waals surface area (Å²) in [5.74, 6) is -0.354. The van der Waals surface area contributed by atoms with Crippen LogP contribution in [0.3, 0.4) is 0 Å². The summed E-state index contributed by atoms with van der Waals surface area (Å²) >= 11 is 3.29. The number of carbonyl (C=O) groups is 1. The molecule has 1 aromatic heterocycles. The Morgan fingerprint density at radius 2 is 2.10 bits per heavy atom. The van der Waals surface area contributed by atoms with Crippen molar-refractivity contribution in [3.05, 3.63) is 80.1 Å². The van der Waals surface area contributed by atoms with Crippen LogP contribution in [0.2, 0.25) is 0 Å². The highest BCUT2D eigenvalue weighted by Gasteiger charge is 2.15. The van der Waals surface area contributed by atoms with Crippen molar-refractivity contribution in [3.63, 3.8) is 0 Å². The predicted molar refractivity (Wildman–Crippen MR) is 112 cm³/mol. The Labute approximate surface area is 179 Å². The van der Waals surface area contributed by atoms with Crippen molar-refractivity contribution < 1.29 is 19.6 Å². The maximum Gasteiger partial charge on any atom is 0.293 e. The molecule has 1 heterocycles. The summed E-state index contributed by atoms with van der Waals surface area (Å²) < 4.78 is 7.00. The average Bonchev–Trinajstić information content (AvgIpc) is 3.09. The minimum Gasteiger partial charge on any atom is -0.504 e. The summed E-state index contributed by atoms with van der Waals surface area (Å²) in [6.45, 7) is 0.324. The van der Waals surface area contributed by atoms with Crippen LogP contribution in [0, 0.1) is 10.1 Å². The topological polar surface area (TPSA) is 132 Å². The van der Waals surface area contributed by atoms with Crippen molar-refractivity contribution in [3.8, 4) is 11.5 Å². The van der Waals surface area contributed by atoms with Crippen molar-refractivity contribution in [2.45, 2.75) is 6.54 Å². The number of nitrogens with one attached hydrogen (secondary N) is 1. The number of benzene rings is 2. The zero-order valence-corrected chi connectivity index (χ0v) is 17.2. The molecule has 0 atom stereocenters. The second-order valence-electron chi connectivity index (χ2n) is 6.04. The van der Waals surface area contributed by atoms with Gasteiger partial charge in [-0.25, -0.2) is 5.43 Å². The number of amides is 1. The van der Waals surface area contributed by atoms with Crippen molar-refractivity contribution in [2.75, 3.05) is 7.11 Å². The van der Waals surface area contributed by atoms with E-state index >= 15 is 0 Å². The monoisotopic (exact) mass is 473 g/mol. The van der Waals surface area contributed by atoms with Crippen LogP contribution < -0.4 is 10.2 Å². The lowest BCUT2D eigenvalue weighted by Gasteiger charge is -2.04. The molecule has 0 aliphatic heterocycles. The van der Waals surface area contributed by atoms with Gasteiger partial charge < -0.3 is 9.84 Å². The first-order valence-corrected chi connectivity index (χ1v) is 9.34. The highest BCUT2D eigenvalue weighted by Crippen LogP contribution is 2.28. The molecule has 3 rings (SSSR count). The number of hydrogen-bond donors (Lipinski definition) is 2. The quantitative estimate of drug-likeness (QED) is 0.307. The van der Waals surface area contributed by atoms with Crippen molar-refractivity contribution in [2.24, 2.45) is 5.10 Å². The van der Waals surface area contributed by atoms with Crippen molar-refractivity contribution in [1.29, 1.82) is 0 Å². The Morgan fingerprint density at radius 3 is 2.77 bits per heavy atom. The lowest BCUT2D eigenvalue weighted by atomic mass is 10.2. The molecule has 2 aromatic carbocycles. The first kappa shape index (κ1) is 21.0. The third kappa shape index (κ3) is 4.81. The molecular formula is C19H16BrN5O5. The van der Waals surface area contributed by atoms with Gasteiger partial charge in [0.2, 0.25) is 0 Å². The molecule has 0 saturated carbocycles. The van der Waals surface area contributed by atoms with Gasteiger partial charge in [-0.1, -0.05) is 18.2 Å². The second kappa shape index (κ2) is 9.18. The third-order valence-electron chi connectivity index (χ3n) is 4.04. The van der Waals surface area contributed by atoms with Crippen LogP contribution in [0.25, 0.3) is 0 Å². The second-order valence-corrected chi connectivity index (χ2v) is 6.90. The molecule has 30 heavy (non-hydrogen) atoms. The lowest BCUT2D eigenvalue weighted by molar-refractivity contribution is -0.384. The van der Waals surface area contributed by atoms with Gasteiger partial charge in [0.25, 0.3) is 11.6 Å². The lowest BCUT2D eigenvalue weighted by Crippen LogP contribution is -2.19. The number of para-hydroxylation sites is 1. The zero-order chi connectivity index (χ0) is 21.7. The molecule has 0 unspecified atom stereocenters. The number of phenolic OH excluding ortho intramolecular Hbond substituents is 1. The SMILES string of the molecule is COc1cccc(/C=N/NC(=O)c2nn(Cc3ccc([N+](=O)[O-])cc3)cc2Br)c1O. The molecule has 0 fully saturated rings. The van der Waals surface area contributed by atoms with E-state index in [0.29, 0.717) is 16.6 Å². The van der Waals surface area contributed by atoms with Gasteiger partial charge >= 0.3 is 0 Å². The summed E-state index contributed by atoms with van der Waals surface area (Å²) in [7, 11) is 1.43. The van der Waals surface area contributed by atoms with Gasteiger partial charge in [0, 0.05) is 23.9 Å². The number of nitro benzene ring substituents is 1. The Hall–Kier alpha value is -3.73. The van der Waals surface area contributed by atoms with Crippen LogP contribution in [0.15, 0.2) is 58.2 Å². The standard InChI is InChI=1S/C19H16BrN5O5/c1-30-16-4-2-3-13(18(16)26)9-21-22-19(27)17-15(20)11-24(23-17)10-12-5-7-14(8-6-12)25(28)29/h2-9,11,26H,10H2,1H3,(H,22,27)/b21-9+. The minimum absolute atomic E-state index is 0.000368. The smallest absolute Gasteiger partial charge is 0.293 e. The number of rotatable bonds is 7. The van der Waals surface area contributed by atoms with E-state index in [1.54, 1.807) is 36.5 Å². The number of nitro groups is 1. The fraction of sp³-hybridized carbons (Fsp3) is 0.105. The van der Waals surface area contributed by atoms with Crippen LogP contribution in [0.5, 0.6) is 11.5 Å². The highest BCUT2D eigenvalue weighted by molar-refractivity contribution is 9.10. The third-order valence-corrected chi connectivity index (χ3v) is 4.62. The largest absolute Gasteiger partial charge is 0.504 e. The van der Waals surface area contributed by atoms with Crippen LogP contribution >= 0.6 is 15.9 Å². The first-order chi connectivity index (χ1) is 14.4.